The van der Waals surface area contributed by atoms with Gasteiger partial charge in [-0.2, -0.15) is 0 Å². The summed E-state index contributed by atoms with van der Waals surface area (Å²) in [6.45, 7) is 3.43. The van der Waals surface area contributed by atoms with Gasteiger partial charge in [0.05, 0.1) is 5.69 Å². The van der Waals surface area contributed by atoms with Crippen LogP contribution in [0.5, 0.6) is 0 Å². The fourth-order valence-electron chi connectivity index (χ4n) is 1.23. The van der Waals surface area contributed by atoms with Crippen LogP contribution in [-0.2, 0) is 14.4 Å². The number of amides is 2. The normalized spacial score (nSPS) is 13.3. The minimum atomic E-state index is -0.281. The second-order valence-corrected chi connectivity index (χ2v) is 3.74. The van der Waals surface area contributed by atoms with Crippen LogP contribution in [0.25, 0.3) is 0 Å². The van der Waals surface area contributed by atoms with E-state index in [-0.39, 0.29) is 17.6 Å². The van der Waals surface area contributed by atoms with Gasteiger partial charge in [0, 0.05) is 18.6 Å². The molecule has 0 N–H and O–H groups in total. The standard InChI is InChI=1S/C10H7NO2.C4H8O/c12-9-6-7-10(13)11(9)8-4-2-1-3-5-8;1-3-4(2)5/h1-7H;3H2,1-2H3. The van der Waals surface area contributed by atoms with E-state index < -0.39 is 0 Å². The average Bonchev–Trinajstić information content (AvgIpc) is 2.71. The third-order valence-electron chi connectivity index (χ3n) is 2.32. The molecule has 1 aliphatic heterocycles. The molecular formula is C14H15NO3. The van der Waals surface area contributed by atoms with E-state index in [9.17, 15) is 14.4 Å². The highest BCUT2D eigenvalue weighted by Crippen LogP contribution is 2.17. The van der Waals surface area contributed by atoms with Crippen molar-refractivity contribution >= 4 is 23.3 Å². The molecule has 0 saturated carbocycles. The maximum atomic E-state index is 11.2. The molecule has 2 rings (SSSR count). The number of anilines is 1. The van der Waals surface area contributed by atoms with Crippen LogP contribution in [0.15, 0.2) is 42.5 Å². The number of hydrogen-bond acceptors (Lipinski definition) is 3. The van der Waals surface area contributed by atoms with Crippen molar-refractivity contribution < 1.29 is 14.4 Å². The van der Waals surface area contributed by atoms with E-state index in [2.05, 4.69) is 0 Å². The molecule has 0 bridgehead atoms. The number of imide groups is 1. The monoisotopic (exact) mass is 245 g/mol. The predicted octanol–water partition coefficient (Wildman–Crippen LogP) is 2.10. The molecule has 94 valence electrons. The van der Waals surface area contributed by atoms with Crippen LogP contribution in [0, 0.1) is 0 Å². The smallest absolute Gasteiger partial charge is 0.258 e. The van der Waals surface area contributed by atoms with E-state index in [1.165, 1.54) is 12.2 Å². The van der Waals surface area contributed by atoms with Crippen molar-refractivity contribution in [1.82, 2.24) is 0 Å². The lowest BCUT2D eigenvalue weighted by molar-refractivity contribution is -0.120. The average molecular weight is 245 g/mol. The third-order valence-corrected chi connectivity index (χ3v) is 2.32. The minimum Gasteiger partial charge on any atom is -0.300 e. The first-order valence-electron chi connectivity index (χ1n) is 5.67. The van der Waals surface area contributed by atoms with Crippen LogP contribution in [0.2, 0.25) is 0 Å². The Morgan fingerprint density at radius 2 is 1.50 bits per heavy atom. The number of nitrogens with zero attached hydrogens (tertiary/aromatic N) is 1. The molecule has 4 heteroatoms. The summed E-state index contributed by atoms with van der Waals surface area (Å²) in [5, 5.41) is 0. The Balaban J connectivity index is 0.000000280. The number of para-hydroxylation sites is 1. The minimum absolute atomic E-state index is 0.255. The topological polar surface area (TPSA) is 54.5 Å². The van der Waals surface area contributed by atoms with E-state index in [0.29, 0.717) is 12.1 Å². The molecule has 0 radical (unpaired) electrons. The first kappa shape index (κ1) is 13.8. The molecule has 0 spiro atoms. The van der Waals surface area contributed by atoms with Crippen molar-refractivity contribution in [3.63, 3.8) is 0 Å². The quantitative estimate of drug-likeness (QED) is 0.750. The van der Waals surface area contributed by atoms with E-state index >= 15 is 0 Å². The van der Waals surface area contributed by atoms with Gasteiger partial charge in [-0.3, -0.25) is 9.59 Å². The van der Waals surface area contributed by atoms with Crippen LogP contribution < -0.4 is 4.90 Å². The van der Waals surface area contributed by atoms with Gasteiger partial charge >= 0.3 is 0 Å². The molecule has 1 aromatic carbocycles. The predicted molar refractivity (Wildman–Crippen MR) is 69.0 cm³/mol. The Labute approximate surface area is 106 Å². The Bertz CT molecular complexity index is 459. The second-order valence-electron chi connectivity index (χ2n) is 3.74. The maximum absolute atomic E-state index is 11.2. The van der Waals surface area contributed by atoms with E-state index in [1.807, 2.05) is 13.0 Å². The highest BCUT2D eigenvalue weighted by Gasteiger charge is 2.24. The first-order valence-corrected chi connectivity index (χ1v) is 5.67. The summed E-state index contributed by atoms with van der Waals surface area (Å²) < 4.78 is 0. The molecule has 1 aliphatic rings. The molecule has 4 nitrogen and oxygen atoms in total. The van der Waals surface area contributed by atoms with Crippen LogP contribution in [0.4, 0.5) is 5.69 Å². The first-order chi connectivity index (χ1) is 8.56. The molecule has 1 aromatic rings. The van der Waals surface area contributed by atoms with Crippen molar-refractivity contribution in [3.8, 4) is 0 Å². The number of hydrogen-bond donors (Lipinski definition) is 0. The number of benzene rings is 1. The zero-order valence-electron chi connectivity index (χ0n) is 10.4. The lowest BCUT2D eigenvalue weighted by atomic mass is 10.3. The lowest BCUT2D eigenvalue weighted by Gasteiger charge is -2.12. The Morgan fingerprint density at radius 1 is 1.06 bits per heavy atom. The van der Waals surface area contributed by atoms with Crippen LogP contribution >= 0.6 is 0 Å². The number of Topliss-reactive ketones (excluding diaryl/α,β-unsaturated/α-hetero) is 1. The van der Waals surface area contributed by atoms with Gasteiger partial charge in [-0.1, -0.05) is 25.1 Å². The fourth-order valence-corrected chi connectivity index (χ4v) is 1.23. The largest absolute Gasteiger partial charge is 0.300 e. The molecule has 0 fully saturated rings. The summed E-state index contributed by atoms with van der Waals surface area (Å²) in [6, 6.07) is 8.86. The van der Waals surface area contributed by atoms with Gasteiger partial charge < -0.3 is 4.79 Å². The number of carbonyl (C=O) groups excluding carboxylic acids is 3. The summed E-state index contributed by atoms with van der Waals surface area (Å²) >= 11 is 0. The Kier molecular flexibility index (Phi) is 4.99. The van der Waals surface area contributed by atoms with Gasteiger partial charge in [0.1, 0.15) is 5.78 Å². The molecule has 0 aromatic heterocycles. The van der Waals surface area contributed by atoms with E-state index in [4.69, 9.17) is 0 Å². The number of carbonyl (C=O) groups is 3. The van der Waals surface area contributed by atoms with Gasteiger partial charge in [0.2, 0.25) is 0 Å². The third kappa shape index (κ3) is 3.66. The van der Waals surface area contributed by atoms with Crippen LogP contribution in [0.3, 0.4) is 0 Å². The lowest BCUT2D eigenvalue weighted by Crippen LogP contribution is -2.29. The van der Waals surface area contributed by atoms with Gasteiger partial charge in [0.15, 0.2) is 0 Å². The highest BCUT2D eigenvalue weighted by atomic mass is 16.2. The Hall–Kier alpha value is -2.23. The molecule has 0 unspecified atom stereocenters. The molecule has 1 heterocycles. The molecule has 18 heavy (non-hydrogen) atoms. The zero-order valence-corrected chi connectivity index (χ0v) is 10.4. The van der Waals surface area contributed by atoms with Crippen LogP contribution in [-0.4, -0.2) is 17.6 Å². The summed E-state index contributed by atoms with van der Waals surface area (Å²) in [5.74, 6) is -0.308. The van der Waals surface area contributed by atoms with Crippen molar-refractivity contribution in [3.05, 3.63) is 42.5 Å². The fraction of sp³-hybridized carbons (Fsp3) is 0.214. The molecule has 2 amide bonds. The second kappa shape index (κ2) is 6.49. The van der Waals surface area contributed by atoms with Gasteiger partial charge in [-0.25, -0.2) is 4.90 Å². The maximum Gasteiger partial charge on any atom is 0.258 e. The number of ketones is 1. The van der Waals surface area contributed by atoms with Crippen molar-refractivity contribution in [2.45, 2.75) is 20.3 Å². The summed E-state index contributed by atoms with van der Waals surface area (Å²) in [4.78, 5) is 33.4. The van der Waals surface area contributed by atoms with Gasteiger partial charge in [0.25, 0.3) is 11.8 Å². The molecule has 0 atom stereocenters. The summed E-state index contributed by atoms with van der Waals surface area (Å²) in [6.07, 6.45) is 3.21. The SMILES string of the molecule is CCC(C)=O.O=C1C=CC(=O)N1c1ccccc1. The van der Waals surface area contributed by atoms with Crippen molar-refractivity contribution in [1.29, 1.82) is 0 Å². The van der Waals surface area contributed by atoms with Crippen LogP contribution in [0.1, 0.15) is 20.3 Å². The Morgan fingerprint density at radius 3 is 1.89 bits per heavy atom. The summed E-state index contributed by atoms with van der Waals surface area (Å²) in [7, 11) is 0. The zero-order chi connectivity index (χ0) is 13.5. The van der Waals surface area contributed by atoms with Crippen molar-refractivity contribution in [2.24, 2.45) is 0 Å². The number of rotatable bonds is 2. The molecular weight excluding hydrogens is 230 g/mol. The molecule has 0 aliphatic carbocycles. The highest BCUT2D eigenvalue weighted by molar-refractivity contribution is 6.28. The summed E-state index contributed by atoms with van der Waals surface area (Å²) in [5.41, 5.74) is 0.613. The molecule has 0 saturated heterocycles. The van der Waals surface area contributed by atoms with E-state index in [1.54, 1.807) is 31.2 Å². The van der Waals surface area contributed by atoms with Crippen molar-refractivity contribution in [2.75, 3.05) is 4.90 Å². The van der Waals surface area contributed by atoms with Gasteiger partial charge in [-0.05, 0) is 19.1 Å². The van der Waals surface area contributed by atoms with E-state index in [0.717, 1.165) is 4.90 Å². The van der Waals surface area contributed by atoms with Gasteiger partial charge in [-0.15, -0.1) is 0 Å².